The molecule has 0 aromatic carbocycles. The Morgan fingerprint density at radius 1 is 0.609 bits per heavy atom. The largest absolute Gasteiger partial charge is 0.312 e. The fourth-order valence-corrected chi connectivity index (χ4v) is 2.50. The molecule has 3 rings (SSSR count). The number of nitrogens with zero attached hydrogens (tertiary/aromatic N) is 6. The number of hydrogen-bond acceptors (Lipinski definition) is 8. The van der Waals surface area contributed by atoms with Crippen molar-refractivity contribution in [1.29, 1.82) is 0 Å². The van der Waals surface area contributed by atoms with Crippen molar-refractivity contribution in [3.05, 3.63) is 72.9 Å². The van der Waals surface area contributed by atoms with Crippen LogP contribution in [0.1, 0.15) is 24.4 Å². The van der Waals surface area contributed by atoms with Crippen molar-refractivity contribution in [3.8, 4) is 0 Å². The van der Waals surface area contributed by atoms with Crippen molar-refractivity contribution in [1.82, 2.24) is 29.9 Å². The van der Waals surface area contributed by atoms with E-state index in [1.165, 1.54) is 0 Å². The van der Waals surface area contributed by atoms with Crippen LogP contribution in [-0.2, 0) is 5.41 Å². The topological polar surface area (TPSA) is 129 Å². The van der Waals surface area contributed by atoms with E-state index >= 15 is 0 Å². The Hall–Kier alpha value is -2.84. The van der Waals surface area contributed by atoms with Gasteiger partial charge >= 0.3 is 0 Å². The molecule has 0 radical (unpaired) electrons. The Labute approximate surface area is 133 Å². The Morgan fingerprint density at radius 3 is 1.09 bits per heavy atom. The fraction of sp³-hybridized carbons (Fsp3) is 0.200. The van der Waals surface area contributed by atoms with Gasteiger partial charge in [-0.25, -0.2) is 29.9 Å². The molecule has 0 bridgehead atoms. The summed E-state index contributed by atoms with van der Waals surface area (Å²) in [7, 11) is 0. The SMILES string of the molecule is CC(N)(N)C(c1ncccn1)(c1ncccn1)c1ncccn1. The number of hydrogen-bond donors (Lipinski definition) is 2. The maximum absolute atomic E-state index is 6.35. The molecule has 8 heteroatoms. The van der Waals surface area contributed by atoms with Crippen LogP contribution < -0.4 is 11.5 Å². The monoisotopic (exact) mass is 308 g/mol. The van der Waals surface area contributed by atoms with Crippen molar-refractivity contribution in [2.45, 2.75) is 18.0 Å². The van der Waals surface area contributed by atoms with E-state index in [1.54, 1.807) is 62.3 Å². The summed E-state index contributed by atoms with van der Waals surface area (Å²) in [5.74, 6) is 1.01. The van der Waals surface area contributed by atoms with E-state index in [9.17, 15) is 0 Å². The first kappa shape index (κ1) is 15.1. The normalized spacial score (nSPS) is 12.1. The Morgan fingerprint density at radius 2 is 0.870 bits per heavy atom. The first-order valence-corrected chi connectivity index (χ1v) is 6.97. The average molecular weight is 308 g/mol. The number of rotatable bonds is 4. The summed E-state index contributed by atoms with van der Waals surface area (Å²) in [6.45, 7) is 1.65. The van der Waals surface area contributed by atoms with Crippen molar-refractivity contribution in [2.24, 2.45) is 11.5 Å². The fourth-order valence-electron chi connectivity index (χ4n) is 2.50. The zero-order valence-electron chi connectivity index (χ0n) is 12.5. The summed E-state index contributed by atoms with van der Waals surface area (Å²) in [5.41, 5.74) is 10.1. The van der Waals surface area contributed by atoms with Crippen molar-refractivity contribution in [2.75, 3.05) is 0 Å². The van der Waals surface area contributed by atoms with Crippen LogP contribution in [0.25, 0.3) is 0 Å². The zero-order chi connectivity index (χ0) is 16.3. The maximum Gasteiger partial charge on any atom is 0.179 e. The molecule has 8 nitrogen and oxygen atoms in total. The predicted octanol–water partition coefficient (Wildman–Crippen LogP) is 0.0246. The molecule has 0 unspecified atom stereocenters. The average Bonchev–Trinajstić information content (AvgIpc) is 2.57. The first-order valence-electron chi connectivity index (χ1n) is 6.97. The van der Waals surface area contributed by atoms with E-state index in [-0.39, 0.29) is 0 Å². The van der Waals surface area contributed by atoms with Crippen LogP contribution in [0.2, 0.25) is 0 Å². The molecule has 0 atom stereocenters. The molecule has 0 amide bonds. The van der Waals surface area contributed by atoms with Crippen LogP contribution in [-0.4, -0.2) is 35.6 Å². The maximum atomic E-state index is 6.35. The molecule has 23 heavy (non-hydrogen) atoms. The van der Waals surface area contributed by atoms with Gasteiger partial charge < -0.3 is 11.5 Å². The van der Waals surface area contributed by atoms with E-state index in [4.69, 9.17) is 11.5 Å². The van der Waals surface area contributed by atoms with Crippen LogP contribution in [0.15, 0.2) is 55.4 Å². The van der Waals surface area contributed by atoms with E-state index in [0.717, 1.165) is 0 Å². The highest BCUT2D eigenvalue weighted by molar-refractivity contribution is 5.38. The van der Waals surface area contributed by atoms with Gasteiger partial charge in [-0.2, -0.15) is 0 Å². The lowest BCUT2D eigenvalue weighted by Gasteiger charge is -2.39. The van der Waals surface area contributed by atoms with Crippen molar-refractivity contribution < 1.29 is 0 Å². The second-order valence-electron chi connectivity index (χ2n) is 5.25. The van der Waals surface area contributed by atoms with Gasteiger partial charge in [0.2, 0.25) is 0 Å². The summed E-state index contributed by atoms with van der Waals surface area (Å²) < 4.78 is 0. The minimum atomic E-state index is -1.35. The lowest BCUT2D eigenvalue weighted by Crippen LogP contribution is -2.65. The van der Waals surface area contributed by atoms with Crippen molar-refractivity contribution in [3.63, 3.8) is 0 Å². The van der Waals surface area contributed by atoms with Crippen LogP contribution >= 0.6 is 0 Å². The summed E-state index contributed by atoms with van der Waals surface area (Å²) in [6.07, 6.45) is 9.64. The van der Waals surface area contributed by atoms with Gasteiger partial charge in [0.05, 0.1) is 5.66 Å². The molecular formula is C15H16N8. The lowest BCUT2D eigenvalue weighted by molar-refractivity contribution is 0.297. The molecule has 0 saturated heterocycles. The molecule has 0 aliphatic heterocycles. The molecule has 116 valence electrons. The van der Waals surface area contributed by atoms with Gasteiger partial charge in [0.25, 0.3) is 0 Å². The van der Waals surface area contributed by atoms with Crippen LogP contribution in [0.3, 0.4) is 0 Å². The van der Waals surface area contributed by atoms with Gasteiger partial charge in [0, 0.05) is 37.2 Å². The second-order valence-corrected chi connectivity index (χ2v) is 5.25. The lowest BCUT2D eigenvalue weighted by atomic mass is 9.73. The third-order valence-electron chi connectivity index (χ3n) is 3.51. The summed E-state index contributed by atoms with van der Waals surface area (Å²) in [6, 6.07) is 5.11. The van der Waals surface area contributed by atoms with Crippen molar-refractivity contribution >= 4 is 0 Å². The molecule has 3 aromatic rings. The summed E-state index contributed by atoms with van der Waals surface area (Å²) in [4.78, 5) is 26.0. The Kier molecular flexibility index (Phi) is 3.77. The molecule has 4 N–H and O–H groups in total. The Balaban J connectivity index is 2.41. The van der Waals surface area contributed by atoms with E-state index in [0.29, 0.717) is 17.5 Å². The van der Waals surface area contributed by atoms with Gasteiger partial charge in [0.1, 0.15) is 0 Å². The standard InChI is InChI=1S/C15H16N8/c1-14(16,17)15(11-18-5-2-6-19-11,12-20-7-3-8-21-12)13-22-9-4-10-23-13/h2-10H,16-17H2,1H3. The minimum Gasteiger partial charge on any atom is -0.312 e. The second kappa shape index (κ2) is 5.75. The van der Waals surface area contributed by atoms with Gasteiger partial charge in [-0.15, -0.1) is 0 Å². The van der Waals surface area contributed by atoms with Crippen LogP contribution in [0.5, 0.6) is 0 Å². The summed E-state index contributed by atoms with van der Waals surface area (Å²) in [5, 5.41) is 0. The molecule has 0 fully saturated rings. The van der Waals surface area contributed by atoms with Crippen LogP contribution in [0.4, 0.5) is 0 Å². The highest BCUT2D eigenvalue weighted by Crippen LogP contribution is 2.38. The predicted molar refractivity (Wildman–Crippen MR) is 82.8 cm³/mol. The molecule has 3 aromatic heterocycles. The highest BCUT2D eigenvalue weighted by atomic mass is 15.1. The number of aromatic nitrogens is 6. The molecule has 0 saturated carbocycles. The van der Waals surface area contributed by atoms with Gasteiger partial charge in [-0.3, -0.25) is 0 Å². The molecule has 0 aliphatic carbocycles. The van der Waals surface area contributed by atoms with Gasteiger partial charge in [-0.05, 0) is 25.1 Å². The van der Waals surface area contributed by atoms with Gasteiger partial charge in [0.15, 0.2) is 22.9 Å². The quantitative estimate of drug-likeness (QED) is 0.645. The zero-order valence-corrected chi connectivity index (χ0v) is 12.5. The van der Waals surface area contributed by atoms with E-state index in [1.807, 2.05) is 0 Å². The summed E-state index contributed by atoms with van der Waals surface area (Å²) >= 11 is 0. The van der Waals surface area contributed by atoms with E-state index in [2.05, 4.69) is 29.9 Å². The molecular weight excluding hydrogens is 292 g/mol. The van der Waals surface area contributed by atoms with Crippen LogP contribution in [0, 0.1) is 0 Å². The van der Waals surface area contributed by atoms with E-state index < -0.39 is 11.1 Å². The highest BCUT2D eigenvalue weighted by Gasteiger charge is 2.55. The Bertz CT molecular complexity index is 659. The van der Waals surface area contributed by atoms with Gasteiger partial charge in [-0.1, -0.05) is 0 Å². The third-order valence-corrected chi connectivity index (χ3v) is 3.51. The minimum absolute atomic E-state index is 0.338. The smallest absolute Gasteiger partial charge is 0.179 e. The molecule has 3 heterocycles. The molecule has 0 aliphatic rings. The molecule has 0 spiro atoms. The first-order chi connectivity index (χ1) is 11.1. The number of nitrogens with two attached hydrogens (primary N) is 2. The third kappa shape index (κ3) is 2.43.